The molecule has 0 fully saturated rings. The van der Waals surface area contributed by atoms with Crippen LogP contribution in [-0.2, 0) is 11.1 Å². The number of carbonyl (C=O) groups is 1. The molecule has 2 aromatic carbocycles. The second-order valence-corrected chi connectivity index (χ2v) is 17.3. The fourth-order valence-electron chi connectivity index (χ4n) is 6.74. The fourth-order valence-corrected chi connectivity index (χ4v) is 9.81. The minimum Gasteiger partial charge on any atom is -0.506 e. The SMILES string of the molecule is CCCCCCCCP(=O)(CCCCCCCC)CCCCCCCC.CCn1c(=O)c(C(=O)C(F)(F)F)c(O)c2c3ccccc3ccc21.O.[Eu]. The number of benzene rings is 2. The van der Waals surface area contributed by atoms with Crippen LogP contribution in [0.25, 0.3) is 21.7 Å². The van der Waals surface area contributed by atoms with E-state index < -0.39 is 36.0 Å². The number of carbonyl (C=O) groups excluding carboxylic acids is 1. The van der Waals surface area contributed by atoms with Gasteiger partial charge in [-0.3, -0.25) is 9.59 Å². The quantitative estimate of drug-likeness (QED) is 0.0443. The van der Waals surface area contributed by atoms with Gasteiger partial charge in [-0.1, -0.05) is 147 Å². The van der Waals surface area contributed by atoms with Gasteiger partial charge >= 0.3 is 6.18 Å². The summed E-state index contributed by atoms with van der Waals surface area (Å²) in [5.74, 6) is -3.28. The van der Waals surface area contributed by atoms with Crippen molar-refractivity contribution in [3.05, 3.63) is 52.3 Å². The molecule has 0 aliphatic heterocycles. The number of unbranched alkanes of at least 4 members (excludes halogenated alkanes) is 15. The number of alkyl halides is 3. The zero-order chi connectivity index (χ0) is 37.0. The van der Waals surface area contributed by atoms with Crippen molar-refractivity contribution in [1.82, 2.24) is 4.57 Å². The van der Waals surface area contributed by atoms with Gasteiger partial charge in [-0.2, -0.15) is 13.2 Å². The van der Waals surface area contributed by atoms with Crippen LogP contribution in [0.1, 0.15) is 154 Å². The van der Waals surface area contributed by atoms with E-state index in [1.165, 1.54) is 116 Å². The number of fused-ring (bicyclic) bond motifs is 3. The molecule has 3 N–H and O–H groups in total. The summed E-state index contributed by atoms with van der Waals surface area (Å²) < 4.78 is 53.0. The summed E-state index contributed by atoms with van der Waals surface area (Å²) in [5, 5.41) is 11.5. The number of hydrogen-bond acceptors (Lipinski definition) is 4. The van der Waals surface area contributed by atoms with Gasteiger partial charge in [-0.15, -0.1) is 0 Å². The molecule has 3 rings (SSSR count). The summed E-state index contributed by atoms with van der Waals surface area (Å²) in [6.45, 7) is 8.46. The Kier molecular flexibility index (Phi) is 27.0. The summed E-state index contributed by atoms with van der Waals surface area (Å²) in [7, 11) is -1.89. The molecule has 0 amide bonds. The molecule has 11 heteroatoms. The Morgan fingerprint density at radius 2 is 1.12 bits per heavy atom. The average molecular weight is 892 g/mol. The Labute approximate surface area is 351 Å². The van der Waals surface area contributed by atoms with E-state index in [9.17, 15) is 32.4 Å². The molecule has 0 aliphatic rings. The van der Waals surface area contributed by atoms with E-state index in [0.717, 1.165) is 23.1 Å². The van der Waals surface area contributed by atoms with Crippen LogP contribution in [0.4, 0.5) is 13.2 Å². The van der Waals surface area contributed by atoms with Crippen LogP contribution in [0.5, 0.6) is 5.75 Å². The Morgan fingerprint density at radius 3 is 1.54 bits per heavy atom. The average Bonchev–Trinajstić information content (AvgIpc) is 3.09. The van der Waals surface area contributed by atoms with E-state index in [1.54, 1.807) is 43.3 Å². The molecule has 0 atom stereocenters. The zero-order valence-corrected chi connectivity index (χ0v) is 35.4. The van der Waals surface area contributed by atoms with Crippen LogP contribution < -0.4 is 5.56 Å². The van der Waals surface area contributed by atoms with Crippen molar-refractivity contribution in [2.75, 3.05) is 18.5 Å². The van der Waals surface area contributed by atoms with Gasteiger partial charge in [-0.05, 0) is 43.0 Å². The van der Waals surface area contributed by atoms with Crippen molar-refractivity contribution >= 4 is 34.6 Å². The number of aromatic hydroxyl groups is 1. The second kappa shape index (κ2) is 27.5. The number of pyridine rings is 1. The first-order chi connectivity index (χ1) is 24.0. The van der Waals surface area contributed by atoms with Gasteiger partial charge in [0.05, 0.1) is 12.7 Å². The molecule has 0 saturated heterocycles. The normalized spacial score (nSPS) is 11.5. The molecule has 1 aromatic heterocycles. The standard InChI is InChI=1S/C24H51OP.C17H12F3NO3.Eu.H2O/c1-4-7-10-13-16-19-22-26(25,23-20-17-14-11-8-5-2)24-21-18-15-12-9-6-3;1-2-21-11-8-7-9-5-3-4-6-10(9)12(11)14(22)13(16(21)24)15(23)17(18,19)20;;/h4-24H2,1-3H3;3-8,22H,2H2,1H3;;1H2. The number of nitrogens with zero attached hydrogens (tertiary/aromatic N) is 1. The van der Waals surface area contributed by atoms with Gasteiger partial charge in [0.2, 0.25) is 0 Å². The third kappa shape index (κ3) is 16.8. The van der Waals surface area contributed by atoms with Crippen LogP contribution in [0.2, 0.25) is 0 Å². The summed E-state index contributed by atoms with van der Waals surface area (Å²) in [6.07, 6.45) is 21.6. The van der Waals surface area contributed by atoms with E-state index in [4.69, 9.17) is 0 Å². The van der Waals surface area contributed by atoms with E-state index in [-0.39, 0.29) is 72.3 Å². The van der Waals surface area contributed by atoms with Gasteiger partial charge in [0.25, 0.3) is 11.3 Å². The van der Waals surface area contributed by atoms with Crippen LogP contribution in [0.15, 0.2) is 41.2 Å². The van der Waals surface area contributed by atoms with Crippen molar-refractivity contribution in [1.29, 1.82) is 0 Å². The molecule has 1 heterocycles. The third-order valence-corrected chi connectivity index (χ3v) is 13.1. The molecule has 52 heavy (non-hydrogen) atoms. The minimum absolute atomic E-state index is 0. The predicted octanol–water partition coefficient (Wildman–Crippen LogP) is 12.2. The molecular weight excluding hydrogens is 826 g/mol. The van der Waals surface area contributed by atoms with Crippen LogP contribution in [0, 0.1) is 49.4 Å². The predicted molar refractivity (Wildman–Crippen MR) is 209 cm³/mol. The topological polar surface area (TPSA) is 108 Å². The molecule has 0 bridgehead atoms. The summed E-state index contributed by atoms with van der Waals surface area (Å²) >= 11 is 0. The Morgan fingerprint density at radius 1 is 0.692 bits per heavy atom. The van der Waals surface area contributed by atoms with E-state index in [0.29, 0.717) is 10.8 Å². The van der Waals surface area contributed by atoms with Crippen molar-refractivity contribution in [2.24, 2.45) is 0 Å². The van der Waals surface area contributed by atoms with Gasteiger partial charge < -0.3 is 19.7 Å². The maximum Gasteiger partial charge on any atom is 0.455 e. The van der Waals surface area contributed by atoms with Crippen LogP contribution >= 0.6 is 7.14 Å². The van der Waals surface area contributed by atoms with Gasteiger partial charge in [0, 0.05) is 79.8 Å². The minimum atomic E-state index is -5.25. The number of Topliss-reactive ketones (excluding diaryl/α,β-unsaturated/α-hetero) is 1. The molecule has 6 nitrogen and oxygen atoms in total. The zero-order valence-electron chi connectivity index (χ0n) is 32.1. The van der Waals surface area contributed by atoms with Crippen molar-refractivity contribution in [3.8, 4) is 5.75 Å². The summed E-state index contributed by atoms with van der Waals surface area (Å²) in [5.41, 5.74) is -2.12. The maximum atomic E-state index is 13.5. The Hall–Kier alpha value is -1.06. The number of aryl methyl sites for hydroxylation is 1. The first kappa shape index (κ1) is 50.9. The molecule has 0 spiro atoms. The number of ketones is 1. The Bertz CT molecular complexity index is 1510. The van der Waals surface area contributed by atoms with Gasteiger partial charge in [0.1, 0.15) is 11.3 Å². The molecule has 0 aliphatic carbocycles. The maximum absolute atomic E-state index is 13.5. The molecule has 1 radical (unpaired) electrons. The Balaban J connectivity index is 0.000000964. The van der Waals surface area contributed by atoms with Crippen LogP contribution in [0.3, 0.4) is 0 Å². The molecule has 0 saturated carbocycles. The largest absolute Gasteiger partial charge is 0.506 e. The smallest absolute Gasteiger partial charge is 0.455 e. The van der Waals surface area contributed by atoms with E-state index in [1.807, 2.05) is 0 Å². The summed E-state index contributed by atoms with van der Waals surface area (Å²) in [4.78, 5) is 24.0. The first-order valence-corrected chi connectivity index (χ1v) is 21.7. The molecule has 3 aromatic rings. The number of hydrogen-bond donors (Lipinski definition) is 1. The van der Waals surface area contributed by atoms with Gasteiger partial charge in [0.15, 0.2) is 0 Å². The molecular formula is C41H65EuF3NO5P. The van der Waals surface area contributed by atoms with E-state index >= 15 is 0 Å². The van der Waals surface area contributed by atoms with E-state index in [2.05, 4.69) is 20.8 Å². The van der Waals surface area contributed by atoms with Gasteiger partial charge in [-0.25, -0.2) is 0 Å². The van der Waals surface area contributed by atoms with Crippen molar-refractivity contribution < 1.29 is 82.5 Å². The molecule has 297 valence electrons. The second-order valence-electron chi connectivity index (χ2n) is 13.8. The number of halogens is 3. The number of rotatable bonds is 23. The van der Waals surface area contributed by atoms with Crippen molar-refractivity contribution in [2.45, 2.75) is 156 Å². The molecule has 0 unspecified atom stereocenters. The monoisotopic (exact) mass is 892 g/mol. The van der Waals surface area contributed by atoms with Crippen molar-refractivity contribution in [3.63, 3.8) is 0 Å². The first-order valence-electron chi connectivity index (χ1n) is 19.4. The van der Waals surface area contributed by atoms with Crippen LogP contribution in [-0.4, -0.2) is 45.6 Å². The summed E-state index contributed by atoms with van der Waals surface area (Å²) in [6, 6.07) is 9.99. The fraction of sp³-hybridized carbons (Fsp3) is 0.659. The number of aromatic nitrogens is 1. The third-order valence-electron chi connectivity index (χ3n) is 9.69.